The largest absolute Gasteiger partial charge is 0.462 e. The Bertz CT molecular complexity index is 790. The summed E-state index contributed by atoms with van der Waals surface area (Å²) in [6, 6.07) is 12.7. The van der Waals surface area contributed by atoms with Gasteiger partial charge in [-0.1, -0.05) is 30.3 Å². The fourth-order valence-electron chi connectivity index (χ4n) is 2.12. The molecule has 0 aliphatic carbocycles. The number of benzene rings is 1. The van der Waals surface area contributed by atoms with E-state index in [0.29, 0.717) is 17.0 Å². The van der Waals surface area contributed by atoms with Crippen molar-refractivity contribution in [2.24, 2.45) is 0 Å². The monoisotopic (exact) mass is 306 g/mol. The number of aryl methyl sites for hydroxylation is 1. The number of nitriles is 2. The molecule has 0 bridgehead atoms. The molecule has 1 heterocycles. The summed E-state index contributed by atoms with van der Waals surface area (Å²) in [5.41, 5.74) is 1.68. The van der Waals surface area contributed by atoms with Crippen molar-refractivity contribution in [2.75, 3.05) is 6.61 Å². The summed E-state index contributed by atoms with van der Waals surface area (Å²) in [7, 11) is 0. The first-order valence-electron chi connectivity index (χ1n) is 7.02. The van der Waals surface area contributed by atoms with Crippen LogP contribution in [0.15, 0.2) is 30.3 Å². The Morgan fingerprint density at radius 3 is 2.43 bits per heavy atom. The molecule has 0 saturated carbocycles. The van der Waals surface area contributed by atoms with Gasteiger partial charge in [-0.15, -0.1) is 0 Å². The Hall–Kier alpha value is -3.25. The molecule has 0 amide bonds. The molecule has 2 rings (SSSR count). The van der Waals surface area contributed by atoms with Crippen LogP contribution in [0.4, 0.5) is 0 Å². The van der Waals surface area contributed by atoms with Gasteiger partial charge in [0.25, 0.3) is 0 Å². The summed E-state index contributed by atoms with van der Waals surface area (Å²) < 4.78 is 5.07. The molecule has 0 aliphatic rings. The minimum absolute atomic E-state index is 0.0828. The van der Waals surface area contributed by atoms with Crippen LogP contribution >= 0.6 is 0 Å². The van der Waals surface area contributed by atoms with Crippen molar-refractivity contribution in [3.63, 3.8) is 0 Å². The Balaban J connectivity index is 2.70. The van der Waals surface area contributed by atoms with Crippen molar-refractivity contribution in [2.45, 2.75) is 19.8 Å². The zero-order valence-electron chi connectivity index (χ0n) is 12.8. The van der Waals surface area contributed by atoms with Gasteiger partial charge < -0.3 is 4.74 Å². The molecule has 0 radical (unpaired) electrons. The highest BCUT2D eigenvalue weighted by Gasteiger charge is 2.23. The van der Waals surface area contributed by atoms with E-state index in [9.17, 15) is 4.79 Å². The first kappa shape index (κ1) is 16.1. The van der Waals surface area contributed by atoms with E-state index in [1.807, 2.05) is 30.3 Å². The maximum absolute atomic E-state index is 12.2. The van der Waals surface area contributed by atoms with Crippen molar-refractivity contribution in [3.8, 4) is 23.4 Å². The minimum atomic E-state index is -1.09. The minimum Gasteiger partial charge on any atom is -0.462 e. The first-order valence-corrected chi connectivity index (χ1v) is 7.02. The lowest BCUT2D eigenvalue weighted by atomic mass is 10.0. The number of esters is 1. The topological polar surface area (TPSA) is 99.7 Å². The maximum atomic E-state index is 12.2. The molecule has 1 aromatic carbocycles. The summed E-state index contributed by atoms with van der Waals surface area (Å²) in [5, 5.41) is 18.1. The fraction of sp³-hybridized carbons (Fsp3) is 0.235. The smallest absolute Gasteiger partial charge is 0.342 e. The Morgan fingerprint density at radius 2 is 1.87 bits per heavy atom. The van der Waals surface area contributed by atoms with Gasteiger partial charge in [-0.3, -0.25) is 0 Å². The van der Waals surface area contributed by atoms with Gasteiger partial charge in [-0.2, -0.15) is 10.5 Å². The predicted octanol–water partition coefficient (Wildman–Crippen LogP) is 2.76. The van der Waals surface area contributed by atoms with Crippen LogP contribution in [0, 0.1) is 29.6 Å². The normalized spacial score (nSPS) is 9.96. The molecule has 0 fully saturated rings. The molecule has 0 saturated heterocycles. The Labute approximate surface area is 134 Å². The number of hydrogen-bond acceptors (Lipinski definition) is 6. The van der Waals surface area contributed by atoms with Gasteiger partial charge in [0.1, 0.15) is 5.56 Å². The lowest BCUT2D eigenvalue weighted by Crippen LogP contribution is -2.14. The quantitative estimate of drug-likeness (QED) is 0.805. The SMILES string of the molecule is CCOC(=O)c1c(C)nc(C(C#N)C#N)nc1-c1ccccc1. The van der Waals surface area contributed by atoms with Gasteiger partial charge in [-0.25, -0.2) is 14.8 Å². The number of nitrogens with zero attached hydrogens (tertiary/aromatic N) is 4. The van der Waals surface area contributed by atoms with Crippen LogP contribution in [0.5, 0.6) is 0 Å². The zero-order chi connectivity index (χ0) is 16.8. The molecule has 0 atom stereocenters. The van der Waals surface area contributed by atoms with E-state index in [1.54, 1.807) is 26.0 Å². The number of carbonyl (C=O) groups excluding carboxylic acids is 1. The Morgan fingerprint density at radius 1 is 1.22 bits per heavy atom. The third-order valence-electron chi connectivity index (χ3n) is 3.15. The molecule has 0 unspecified atom stereocenters. The van der Waals surface area contributed by atoms with Gasteiger partial charge in [0.2, 0.25) is 0 Å². The highest BCUT2D eigenvalue weighted by atomic mass is 16.5. The lowest BCUT2D eigenvalue weighted by molar-refractivity contribution is 0.0525. The summed E-state index contributed by atoms with van der Waals surface area (Å²) >= 11 is 0. The van der Waals surface area contributed by atoms with Gasteiger partial charge in [0, 0.05) is 5.56 Å². The van der Waals surface area contributed by atoms with E-state index in [1.165, 1.54) is 0 Å². The number of hydrogen-bond donors (Lipinski definition) is 0. The van der Waals surface area contributed by atoms with Crippen molar-refractivity contribution in [3.05, 3.63) is 47.4 Å². The van der Waals surface area contributed by atoms with Crippen molar-refractivity contribution < 1.29 is 9.53 Å². The summed E-state index contributed by atoms with van der Waals surface area (Å²) in [6.07, 6.45) is 0. The van der Waals surface area contributed by atoms with Gasteiger partial charge in [0.15, 0.2) is 11.7 Å². The second-order valence-corrected chi connectivity index (χ2v) is 4.67. The lowest BCUT2D eigenvalue weighted by Gasteiger charge is -2.13. The number of ether oxygens (including phenoxy) is 1. The van der Waals surface area contributed by atoms with Crippen molar-refractivity contribution in [1.82, 2.24) is 9.97 Å². The predicted molar refractivity (Wildman–Crippen MR) is 82.1 cm³/mol. The third-order valence-corrected chi connectivity index (χ3v) is 3.15. The highest BCUT2D eigenvalue weighted by Crippen LogP contribution is 2.26. The van der Waals surface area contributed by atoms with Crippen LogP contribution in [0.2, 0.25) is 0 Å². The molecule has 0 N–H and O–H groups in total. The van der Waals surface area contributed by atoms with E-state index < -0.39 is 11.9 Å². The van der Waals surface area contributed by atoms with Crippen LogP contribution in [0.25, 0.3) is 11.3 Å². The average molecular weight is 306 g/mol. The summed E-state index contributed by atoms with van der Waals surface area (Å²) in [6.45, 7) is 3.58. The molecule has 1 aromatic heterocycles. The average Bonchev–Trinajstić information content (AvgIpc) is 2.56. The standard InChI is InChI=1S/C17H14N4O2/c1-3-23-17(22)14-11(2)20-16(13(9-18)10-19)21-15(14)12-7-5-4-6-8-12/h4-8,13H,3H2,1-2H3. The molecule has 6 nitrogen and oxygen atoms in total. The number of rotatable bonds is 4. The van der Waals surface area contributed by atoms with E-state index in [4.69, 9.17) is 15.3 Å². The van der Waals surface area contributed by atoms with Crippen LogP contribution < -0.4 is 0 Å². The maximum Gasteiger partial charge on any atom is 0.342 e. The van der Waals surface area contributed by atoms with Gasteiger partial charge >= 0.3 is 5.97 Å². The Kier molecular flexibility index (Phi) is 5.01. The van der Waals surface area contributed by atoms with E-state index in [-0.39, 0.29) is 18.0 Å². The number of carbonyl (C=O) groups is 1. The number of aromatic nitrogens is 2. The molecule has 0 spiro atoms. The second kappa shape index (κ2) is 7.15. The first-order chi connectivity index (χ1) is 11.1. The molecule has 114 valence electrons. The van der Waals surface area contributed by atoms with Crippen LogP contribution in [0.3, 0.4) is 0 Å². The molecule has 23 heavy (non-hydrogen) atoms. The molecular weight excluding hydrogens is 292 g/mol. The summed E-state index contributed by atoms with van der Waals surface area (Å²) in [5.74, 6) is -1.53. The highest BCUT2D eigenvalue weighted by molar-refractivity contribution is 5.97. The molecule has 2 aromatic rings. The van der Waals surface area contributed by atoms with Crippen LogP contribution in [-0.2, 0) is 4.74 Å². The van der Waals surface area contributed by atoms with Crippen molar-refractivity contribution in [1.29, 1.82) is 10.5 Å². The van der Waals surface area contributed by atoms with Crippen LogP contribution in [-0.4, -0.2) is 22.5 Å². The van der Waals surface area contributed by atoms with Crippen LogP contribution in [0.1, 0.15) is 34.7 Å². The third kappa shape index (κ3) is 3.33. The zero-order valence-corrected chi connectivity index (χ0v) is 12.8. The molecule has 0 aliphatic heterocycles. The van der Waals surface area contributed by atoms with E-state index in [2.05, 4.69) is 9.97 Å². The van der Waals surface area contributed by atoms with E-state index in [0.717, 1.165) is 0 Å². The molecule has 6 heteroatoms. The fourth-order valence-corrected chi connectivity index (χ4v) is 2.12. The second-order valence-electron chi connectivity index (χ2n) is 4.67. The molecular formula is C17H14N4O2. The van der Waals surface area contributed by atoms with Gasteiger partial charge in [-0.05, 0) is 13.8 Å². The van der Waals surface area contributed by atoms with Gasteiger partial charge in [0.05, 0.1) is 30.1 Å². The van der Waals surface area contributed by atoms with Crippen molar-refractivity contribution >= 4 is 5.97 Å². The van der Waals surface area contributed by atoms with E-state index >= 15 is 0 Å². The summed E-state index contributed by atoms with van der Waals surface area (Å²) in [4.78, 5) is 20.7.